The number of rotatable bonds is 4. The Morgan fingerprint density at radius 3 is 2.68 bits per heavy atom. The number of carbonyl (C=O) groups is 1. The summed E-state index contributed by atoms with van der Waals surface area (Å²) in [5, 5.41) is 4.06. The third-order valence-corrected chi connectivity index (χ3v) is 2.94. The molecule has 0 saturated heterocycles. The van der Waals surface area contributed by atoms with Crippen LogP contribution in [0.4, 0.5) is 0 Å². The Bertz CT molecular complexity index is 514. The molecule has 1 aromatic rings. The monoisotopic (exact) mass is 263 g/mol. The van der Waals surface area contributed by atoms with Gasteiger partial charge in [-0.2, -0.15) is 5.10 Å². The molecule has 6 nitrogen and oxygen atoms in total. The van der Waals surface area contributed by atoms with Gasteiger partial charge in [-0.05, 0) is 17.7 Å². The van der Waals surface area contributed by atoms with Crippen molar-refractivity contribution in [2.45, 2.75) is 6.42 Å². The molecule has 0 aromatic heterocycles. The Hall–Kier alpha value is -2.24. The van der Waals surface area contributed by atoms with Crippen LogP contribution >= 0.6 is 0 Å². The largest absolute Gasteiger partial charge is 0.493 e. The Morgan fingerprint density at radius 1 is 1.32 bits per heavy atom. The maximum atomic E-state index is 11.2. The second kappa shape index (κ2) is 5.60. The van der Waals surface area contributed by atoms with Crippen molar-refractivity contribution in [3.8, 4) is 11.5 Å². The summed E-state index contributed by atoms with van der Waals surface area (Å²) in [6, 6.07) is 5.72. The van der Waals surface area contributed by atoms with Crippen molar-refractivity contribution in [3.05, 3.63) is 23.8 Å². The van der Waals surface area contributed by atoms with Crippen molar-refractivity contribution in [1.82, 2.24) is 10.3 Å². The molecule has 19 heavy (non-hydrogen) atoms. The van der Waals surface area contributed by atoms with Crippen LogP contribution < -0.4 is 14.9 Å². The van der Waals surface area contributed by atoms with Crippen LogP contribution in [-0.2, 0) is 11.2 Å². The number of nitrogens with one attached hydrogen (secondary N) is 1. The fourth-order valence-electron chi connectivity index (χ4n) is 1.90. The first-order valence-corrected chi connectivity index (χ1v) is 5.91. The van der Waals surface area contributed by atoms with Crippen LogP contribution in [0.1, 0.15) is 5.56 Å². The molecule has 1 amide bonds. The van der Waals surface area contributed by atoms with E-state index in [0.717, 1.165) is 11.4 Å². The zero-order chi connectivity index (χ0) is 13.8. The standard InChI is InChI=1S/C13H17N3O3/c1-16-8-13(17)15-14-12(16)7-9-4-5-10(18-2)11(6-9)19-3/h4-6H,7-8H2,1-3H3,(H,15,17). The van der Waals surface area contributed by atoms with Gasteiger partial charge in [-0.15, -0.1) is 0 Å². The van der Waals surface area contributed by atoms with Gasteiger partial charge in [-0.25, -0.2) is 5.43 Å². The molecule has 0 saturated carbocycles. The molecule has 1 N–H and O–H groups in total. The summed E-state index contributed by atoms with van der Waals surface area (Å²) in [7, 11) is 5.05. The minimum atomic E-state index is -0.0986. The first-order valence-electron chi connectivity index (χ1n) is 5.91. The number of methoxy groups -OCH3 is 2. The molecule has 1 heterocycles. The van der Waals surface area contributed by atoms with Crippen molar-refractivity contribution in [3.63, 3.8) is 0 Å². The molecule has 6 heteroatoms. The lowest BCUT2D eigenvalue weighted by atomic mass is 10.1. The molecule has 1 aliphatic heterocycles. The highest BCUT2D eigenvalue weighted by molar-refractivity contribution is 5.92. The van der Waals surface area contributed by atoms with Crippen LogP contribution in [0.3, 0.4) is 0 Å². The van der Waals surface area contributed by atoms with E-state index in [9.17, 15) is 4.79 Å². The van der Waals surface area contributed by atoms with Gasteiger partial charge in [0.1, 0.15) is 5.84 Å². The Balaban J connectivity index is 2.17. The predicted octanol–water partition coefficient (Wildman–Crippen LogP) is 0.621. The molecule has 2 rings (SSSR count). The Morgan fingerprint density at radius 2 is 2.05 bits per heavy atom. The fourth-order valence-corrected chi connectivity index (χ4v) is 1.90. The molecule has 102 valence electrons. The maximum Gasteiger partial charge on any atom is 0.259 e. The highest BCUT2D eigenvalue weighted by atomic mass is 16.5. The summed E-state index contributed by atoms with van der Waals surface area (Å²) in [5.41, 5.74) is 3.53. The van der Waals surface area contributed by atoms with E-state index in [1.807, 2.05) is 30.1 Å². The van der Waals surface area contributed by atoms with Gasteiger partial charge in [0.2, 0.25) is 0 Å². The van der Waals surface area contributed by atoms with Crippen LogP contribution in [0, 0.1) is 0 Å². The van der Waals surface area contributed by atoms with Gasteiger partial charge in [0, 0.05) is 13.5 Å². The molecule has 0 fully saturated rings. The van der Waals surface area contributed by atoms with E-state index < -0.39 is 0 Å². The van der Waals surface area contributed by atoms with Crippen molar-refractivity contribution in [1.29, 1.82) is 0 Å². The smallest absolute Gasteiger partial charge is 0.259 e. The van der Waals surface area contributed by atoms with Crippen LogP contribution in [0.15, 0.2) is 23.3 Å². The number of likely N-dealkylation sites (N-methyl/N-ethyl adjacent to an activating group) is 1. The van der Waals surface area contributed by atoms with Gasteiger partial charge < -0.3 is 14.4 Å². The van der Waals surface area contributed by atoms with Crippen molar-refractivity contribution >= 4 is 11.7 Å². The van der Waals surface area contributed by atoms with E-state index in [1.54, 1.807) is 14.2 Å². The van der Waals surface area contributed by atoms with Gasteiger partial charge in [-0.3, -0.25) is 4.79 Å². The topological polar surface area (TPSA) is 63.2 Å². The minimum Gasteiger partial charge on any atom is -0.493 e. The van der Waals surface area contributed by atoms with Gasteiger partial charge in [0.15, 0.2) is 11.5 Å². The number of amidine groups is 1. The lowest BCUT2D eigenvalue weighted by Gasteiger charge is -2.24. The van der Waals surface area contributed by atoms with E-state index in [1.165, 1.54) is 0 Å². The second-order valence-electron chi connectivity index (χ2n) is 4.29. The molecule has 0 aliphatic carbocycles. The third kappa shape index (κ3) is 2.96. The molecular formula is C13H17N3O3. The van der Waals surface area contributed by atoms with Gasteiger partial charge in [0.25, 0.3) is 5.91 Å². The summed E-state index contributed by atoms with van der Waals surface area (Å²) in [6.07, 6.45) is 0.622. The Labute approximate surface area is 112 Å². The van der Waals surface area contributed by atoms with Crippen molar-refractivity contribution < 1.29 is 14.3 Å². The lowest BCUT2D eigenvalue weighted by molar-refractivity contribution is -0.121. The molecule has 0 bridgehead atoms. The SMILES string of the molecule is COc1ccc(CC2=NNC(=O)CN2C)cc1OC. The molecule has 1 aromatic carbocycles. The van der Waals surface area contributed by atoms with E-state index in [2.05, 4.69) is 10.5 Å². The molecular weight excluding hydrogens is 246 g/mol. The Kier molecular flexibility index (Phi) is 3.89. The number of hydrogen-bond acceptors (Lipinski definition) is 5. The lowest BCUT2D eigenvalue weighted by Crippen LogP contribution is -2.43. The average molecular weight is 263 g/mol. The number of amides is 1. The maximum absolute atomic E-state index is 11.2. The fraction of sp³-hybridized carbons (Fsp3) is 0.385. The molecule has 0 unspecified atom stereocenters. The second-order valence-corrected chi connectivity index (χ2v) is 4.29. The quantitative estimate of drug-likeness (QED) is 0.865. The van der Waals surface area contributed by atoms with Crippen molar-refractivity contribution in [2.24, 2.45) is 5.10 Å². The minimum absolute atomic E-state index is 0.0986. The molecule has 0 spiro atoms. The van der Waals surface area contributed by atoms with Crippen LogP contribution in [0.25, 0.3) is 0 Å². The number of ether oxygens (including phenoxy) is 2. The summed E-state index contributed by atoms with van der Waals surface area (Å²) in [4.78, 5) is 13.0. The number of nitrogens with zero attached hydrogens (tertiary/aromatic N) is 2. The van der Waals surface area contributed by atoms with Gasteiger partial charge in [-0.1, -0.05) is 6.07 Å². The third-order valence-electron chi connectivity index (χ3n) is 2.94. The van der Waals surface area contributed by atoms with Gasteiger partial charge in [0.05, 0.1) is 20.8 Å². The molecule has 0 atom stereocenters. The highest BCUT2D eigenvalue weighted by Crippen LogP contribution is 2.27. The van der Waals surface area contributed by atoms with Crippen LogP contribution in [0.5, 0.6) is 11.5 Å². The van der Waals surface area contributed by atoms with E-state index in [-0.39, 0.29) is 5.91 Å². The predicted molar refractivity (Wildman–Crippen MR) is 71.5 cm³/mol. The number of carbonyl (C=O) groups excluding carboxylic acids is 1. The van der Waals surface area contributed by atoms with E-state index >= 15 is 0 Å². The van der Waals surface area contributed by atoms with Gasteiger partial charge >= 0.3 is 0 Å². The molecule has 0 radical (unpaired) electrons. The number of benzene rings is 1. The van der Waals surface area contributed by atoms with E-state index in [4.69, 9.17) is 9.47 Å². The summed E-state index contributed by atoms with van der Waals surface area (Å²) >= 11 is 0. The average Bonchev–Trinajstić information content (AvgIpc) is 2.41. The first kappa shape index (κ1) is 13.2. The highest BCUT2D eigenvalue weighted by Gasteiger charge is 2.17. The zero-order valence-electron chi connectivity index (χ0n) is 11.3. The summed E-state index contributed by atoms with van der Waals surface area (Å²) in [6.45, 7) is 0.326. The molecule has 1 aliphatic rings. The first-order chi connectivity index (χ1) is 9.13. The van der Waals surface area contributed by atoms with Crippen molar-refractivity contribution in [2.75, 3.05) is 27.8 Å². The summed E-state index contributed by atoms with van der Waals surface area (Å²) < 4.78 is 10.5. The zero-order valence-corrected chi connectivity index (χ0v) is 11.3. The van der Waals surface area contributed by atoms with Crippen LogP contribution in [-0.4, -0.2) is 44.5 Å². The normalized spacial score (nSPS) is 14.8. The van der Waals surface area contributed by atoms with Crippen LogP contribution in [0.2, 0.25) is 0 Å². The number of hydrazone groups is 1. The van der Waals surface area contributed by atoms with E-state index in [0.29, 0.717) is 24.5 Å². The number of hydrogen-bond donors (Lipinski definition) is 1. The summed E-state index contributed by atoms with van der Waals surface area (Å²) in [5.74, 6) is 2.09.